The topological polar surface area (TPSA) is 79.7 Å². The highest BCUT2D eigenvalue weighted by atomic mass is 32.1. The lowest BCUT2D eigenvalue weighted by Crippen LogP contribution is -2.29. The molecule has 0 spiro atoms. The zero-order valence-corrected chi connectivity index (χ0v) is 20.0. The van der Waals surface area contributed by atoms with Gasteiger partial charge >= 0.3 is 5.91 Å². The van der Waals surface area contributed by atoms with Crippen molar-refractivity contribution in [3.05, 3.63) is 94.3 Å². The Bertz CT molecular complexity index is 1510. The van der Waals surface area contributed by atoms with Gasteiger partial charge in [0, 0.05) is 5.56 Å². The molecule has 1 aliphatic rings. The number of hydrogen-bond acceptors (Lipinski definition) is 6. The van der Waals surface area contributed by atoms with Crippen molar-refractivity contribution in [2.24, 2.45) is 0 Å². The molecule has 35 heavy (non-hydrogen) atoms. The number of fused-ring (bicyclic) bond motifs is 1. The molecule has 0 saturated carbocycles. The average molecular weight is 489 g/mol. The molecule has 1 fully saturated rings. The minimum atomic E-state index is -0.923. The van der Waals surface area contributed by atoms with E-state index < -0.39 is 23.5 Å². The predicted octanol–water partition coefficient (Wildman–Crippen LogP) is 5.69. The average Bonchev–Trinajstić information content (AvgIpc) is 3.38. The third kappa shape index (κ3) is 3.85. The summed E-state index contributed by atoms with van der Waals surface area (Å²) >= 11 is 1.31. The number of Topliss-reactive ketones (excluding diaryl/α,β-unsaturated/α-hetero) is 1. The Hall–Kier alpha value is -4.04. The van der Waals surface area contributed by atoms with E-state index >= 15 is 0 Å². The number of ether oxygens (including phenoxy) is 1. The number of anilines is 1. The van der Waals surface area contributed by atoms with Crippen molar-refractivity contribution in [2.75, 3.05) is 12.0 Å². The van der Waals surface area contributed by atoms with Crippen molar-refractivity contribution < 1.29 is 23.8 Å². The van der Waals surface area contributed by atoms with Gasteiger partial charge in [0.15, 0.2) is 5.13 Å². The molecule has 1 atom stereocenters. The molecule has 0 unspecified atom stereocenters. The van der Waals surface area contributed by atoms with Crippen LogP contribution in [0.25, 0.3) is 16.0 Å². The van der Waals surface area contributed by atoms with Gasteiger partial charge in [-0.1, -0.05) is 29.5 Å². The Morgan fingerprint density at radius 1 is 1.06 bits per heavy atom. The first kappa shape index (κ1) is 22.7. The lowest BCUT2D eigenvalue weighted by Gasteiger charge is -2.23. The summed E-state index contributed by atoms with van der Waals surface area (Å²) in [5.41, 5.74) is 3.53. The summed E-state index contributed by atoms with van der Waals surface area (Å²) in [6, 6.07) is 15.1. The molecule has 176 valence electrons. The van der Waals surface area contributed by atoms with E-state index in [9.17, 15) is 19.1 Å². The van der Waals surface area contributed by atoms with Crippen LogP contribution in [0.2, 0.25) is 0 Å². The maximum Gasteiger partial charge on any atom is 0.301 e. The largest absolute Gasteiger partial charge is 0.507 e. The van der Waals surface area contributed by atoms with Gasteiger partial charge in [-0.15, -0.1) is 0 Å². The molecule has 1 saturated heterocycles. The Morgan fingerprint density at radius 3 is 2.40 bits per heavy atom. The standard InChI is InChI=1S/C27H21FN2O4S/c1-14-12-15(2)22-20(13-14)35-27(29-22)30-23(16-6-10-19(34-3)11-7-16)21(25(32)26(30)33)24(31)17-4-8-18(28)9-5-17/h4-13,23,31H,1-3H3/t23-/m1/s1. The summed E-state index contributed by atoms with van der Waals surface area (Å²) in [5.74, 6) is -1.87. The van der Waals surface area contributed by atoms with E-state index in [0.717, 1.165) is 21.3 Å². The molecule has 8 heteroatoms. The van der Waals surface area contributed by atoms with Crippen LogP contribution in [-0.2, 0) is 9.59 Å². The number of thiazole rings is 1. The molecule has 0 aliphatic carbocycles. The Morgan fingerprint density at radius 2 is 1.74 bits per heavy atom. The Labute approximate surface area is 204 Å². The second kappa shape index (κ2) is 8.63. The lowest BCUT2D eigenvalue weighted by molar-refractivity contribution is -0.132. The number of ketones is 1. The summed E-state index contributed by atoms with van der Waals surface area (Å²) < 4.78 is 19.6. The molecule has 5 rings (SSSR count). The fraction of sp³-hybridized carbons (Fsp3) is 0.148. The minimum absolute atomic E-state index is 0.0843. The maximum atomic E-state index is 13.5. The van der Waals surface area contributed by atoms with Crippen LogP contribution in [-0.4, -0.2) is 28.9 Å². The van der Waals surface area contributed by atoms with Crippen molar-refractivity contribution in [1.82, 2.24) is 4.98 Å². The van der Waals surface area contributed by atoms with Crippen molar-refractivity contribution in [2.45, 2.75) is 19.9 Å². The van der Waals surface area contributed by atoms with E-state index in [1.54, 1.807) is 31.4 Å². The number of halogens is 1. The molecular formula is C27H21FN2O4S. The number of aromatic nitrogens is 1. The summed E-state index contributed by atoms with van der Waals surface area (Å²) in [5, 5.41) is 11.5. The number of carbonyl (C=O) groups is 2. The van der Waals surface area contributed by atoms with Crippen LogP contribution in [0.5, 0.6) is 5.75 Å². The van der Waals surface area contributed by atoms with E-state index in [1.807, 2.05) is 26.0 Å². The Balaban J connectivity index is 1.73. The number of aryl methyl sites for hydroxylation is 2. The maximum absolute atomic E-state index is 13.5. The first-order chi connectivity index (χ1) is 16.8. The molecule has 1 aliphatic heterocycles. The van der Waals surface area contributed by atoms with E-state index in [1.165, 1.54) is 40.5 Å². The van der Waals surface area contributed by atoms with E-state index in [4.69, 9.17) is 9.72 Å². The van der Waals surface area contributed by atoms with Crippen molar-refractivity contribution in [3.63, 3.8) is 0 Å². The molecule has 1 N–H and O–H groups in total. The molecular weight excluding hydrogens is 467 g/mol. The summed E-state index contributed by atoms with van der Waals surface area (Å²) in [4.78, 5) is 32.7. The van der Waals surface area contributed by atoms with Crippen LogP contribution < -0.4 is 9.64 Å². The highest BCUT2D eigenvalue weighted by molar-refractivity contribution is 7.22. The van der Waals surface area contributed by atoms with Gasteiger partial charge in [0.1, 0.15) is 17.3 Å². The van der Waals surface area contributed by atoms with Crippen LogP contribution >= 0.6 is 11.3 Å². The van der Waals surface area contributed by atoms with Gasteiger partial charge in [-0.2, -0.15) is 0 Å². The first-order valence-corrected chi connectivity index (χ1v) is 11.7. The number of hydrogen-bond donors (Lipinski definition) is 1. The Kier molecular flexibility index (Phi) is 5.61. The minimum Gasteiger partial charge on any atom is -0.507 e. The molecule has 1 aromatic heterocycles. The summed E-state index contributed by atoms with van der Waals surface area (Å²) in [7, 11) is 1.54. The molecule has 0 bridgehead atoms. The number of methoxy groups -OCH3 is 1. The lowest BCUT2D eigenvalue weighted by atomic mass is 9.95. The second-order valence-electron chi connectivity index (χ2n) is 8.37. The fourth-order valence-electron chi connectivity index (χ4n) is 4.36. The van der Waals surface area contributed by atoms with Gasteiger partial charge in [-0.25, -0.2) is 9.37 Å². The van der Waals surface area contributed by atoms with Crippen LogP contribution in [0.15, 0.2) is 66.2 Å². The second-order valence-corrected chi connectivity index (χ2v) is 9.38. The number of carbonyl (C=O) groups excluding carboxylic acids is 2. The van der Waals surface area contributed by atoms with Crippen molar-refractivity contribution >= 4 is 44.1 Å². The van der Waals surface area contributed by atoms with E-state index in [-0.39, 0.29) is 16.9 Å². The molecule has 0 radical (unpaired) electrons. The summed E-state index contributed by atoms with van der Waals surface area (Å²) in [6.45, 7) is 3.93. The zero-order valence-electron chi connectivity index (χ0n) is 19.2. The highest BCUT2D eigenvalue weighted by Crippen LogP contribution is 2.45. The third-order valence-electron chi connectivity index (χ3n) is 6.02. The van der Waals surface area contributed by atoms with E-state index in [0.29, 0.717) is 16.4 Å². The molecule has 1 amide bonds. The zero-order chi connectivity index (χ0) is 24.9. The van der Waals surface area contributed by atoms with Gasteiger partial charge < -0.3 is 9.84 Å². The van der Waals surface area contributed by atoms with E-state index in [2.05, 4.69) is 0 Å². The van der Waals surface area contributed by atoms with Crippen molar-refractivity contribution in [3.8, 4) is 5.75 Å². The third-order valence-corrected chi connectivity index (χ3v) is 7.02. The monoisotopic (exact) mass is 488 g/mol. The van der Waals surface area contributed by atoms with Gasteiger partial charge in [-0.05, 0) is 73.0 Å². The van der Waals surface area contributed by atoms with Gasteiger partial charge in [0.2, 0.25) is 0 Å². The highest BCUT2D eigenvalue weighted by Gasteiger charge is 2.48. The fourth-order valence-corrected chi connectivity index (χ4v) is 5.53. The summed E-state index contributed by atoms with van der Waals surface area (Å²) in [6.07, 6.45) is 0. The van der Waals surface area contributed by atoms with Gasteiger partial charge in [0.05, 0.1) is 28.9 Å². The van der Waals surface area contributed by atoms with Crippen LogP contribution in [0.1, 0.15) is 28.3 Å². The van der Waals surface area contributed by atoms with Crippen LogP contribution in [0.4, 0.5) is 9.52 Å². The smallest absolute Gasteiger partial charge is 0.301 e. The quantitative estimate of drug-likeness (QED) is 0.227. The predicted molar refractivity (Wildman–Crippen MR) is 133 cm³/mol. The van der Waals surface area contributed by atoms with Crippen molar-refractivity contribution in [1.29, 1.82) is 0 Å². The SMILES string of the molecule is COc1ccc([C@@H]2C(=C(O)c3ccc(F)cc3)C(=O)C(=O)N2c2nc3c(C)cc(C)cc3s2)cc1. The molecule has 6 nitrogen and oxygen atoms in total. The first-order valence-electron chi connectivity index (χ1n) is 10.9. The molecule has 4 aromatic rings. The van der Waals surface area contributed by atoms with Crippen LogP contribution in [0, 0.1) is 19.7 Å². The molecule has 2 heterocycles. The number of aliphatic hydroxyl groups is 1. The number of nitrogens with zero attached hydrogens (tertiary/aromatic N) is 2. The van der Waals surface area contributed by atoms with Gasteiger partial charge in [0.25, 0.3) is 5.78 Å². The number of aliphatic hydroxyl groups excluding tert-OH is 1. The van der Waals surface area contributed by atoms with Crippen LogP contribution in [0.3, 0.4) is 0 Å². The normalized spacial score (nSPS) is 17.4. The molecule has 3 aromatic carbocycles. The number of amides is 1. The van der Waals surface area contributed by atoms with Gasteiger partial charge in [-0.3, -0.25) is 14.5 Å². The number of rotatable bonds is 4. The number of benzene rings is 3.